The van der Waals surface area contributed by atoms with E-state index in [4.69, 9.17) is 9.97 Å². The van der Waals surface area contributed by atoms with Gasteiger partial charge in [-0.3, -0.25) is 0 Å². The normalized spacial score (nSPS) is 13.6. The van der Waals surface area contributed by atoms with Crippen LogP contribution in [-0.2, 0) is 10.8 Å². The quantitative estimate of drug-likeness (QED) is 0.152. The zero-order valence-corrected chi connectivity index (χ0v) is 44.0. The summed E-state index contributed by atoms with van der Waals surface area (Å²) in [5.41, 5.74) is 26.8. The zero-order valence-electron chi connectivity index (χ0n) is 44.0. The summed E-state index contributed by atoms with van der Waals surface area (Å²) < 4.78 is 2.37. The van der Waals surface area contributed by atoms with E-state index in [0.717, 1.165) is 78.6 Å². The van der Waals surface area contributed by atoms with Gasteiger partial charge in [0, 0.05) is 66.6 Å². The smallest absolute Gasteiger partial charge is 0.0979 e. The number of hydrogen-bond acceptors (Lipinski definition) is 3. The van der Waals surface area contributed by atoms with Crippen molar-refractivity contribution >= 4 is 49.9 Å². The van der Waals surface area contributed by atoms with Gasteiger partial charge in [-0.25, -0.2) is 9.97 Å². The van der Waals surface area contributed by atoms with Gasteiger partial charge in [0.05, 0.1) is 33.5 Å². The molecule has 0 aliphatic heterocycles. The van der Waals surface area contributed by atoms with E-state index in [2.05, 4.69) is 292 Å². The topological polar surface area (TPSA) is 34.0 Å². The lowest BCUT2D eigenvalue weighted by Crippen LogP contribution is -2.15. The van der Waals surface area contributed by atoms with Crippen LogP contribution in [0.3, 0.4) is 0 Å². The molecule has 0 fully saturated rings. The number of anilines is 3. The molecule has 0 spiro atoms. The SMILES string of the molecule is CC1(C)c2ccccc2-c2ccc(-c3ccc(-c4ccc5c(c4)C(C)(C)c4ccccc4-5)c4nc(-c5ccc(N(c6ccccc6)c6ccc(-n7c8ccccc8c8ccccc87)cc6)cc5)c(-c5ccccc5)nc34)cc21. The average molecular weight is 999 g/mol. The van der Waals surface area contributed by atoms with Gasteiger partial charge in [0.15, 0.2) is 0 Å². The van der Waals surface area contributed by atoms with E-state index in [-0.39, 0.29) is 10.8 Å². The first kappa shape index (κ1) is 45.7. The van der Waals surface area contributed by atoms with E-state index in [1.165, 1.54) is 66.3 Å². The monoisotopic (exact) mass is 998 g/mol. The Bertz CT molecular complexity index is 4470. The van der Waals surface area contributed by atoms with Crippen LogP contribution in [0.15, 0.2) is 255 Å². The van der Waals surface area contributed by atoms with Crippen LogP contribution < -0.4 is 4.90 Å². The van der Waals surface area contributed by atoms with Gasteiger partial charge in [-0.1, -0.05) is 210 Å². The molecule has 11 aromatic carbocycles. The summed E-state index contributed by atoms with van der Waals surface area (Å²) in [7, 11) is 0. The highest BCUT2D eigenvalue weighted by molar-refractivity contribution is 6.09. The lowest BCUT2D eigenvalue weighted by atomic mass is 9.81. The second-order valence-corrected chi connectivity index (χ2v) is 22.1. The van der Waals surface area contributed by atoms with Crippen LogP contribution in [0.25, 0.3) is 106 Å². The molecule has 0 saturated heterocycles. The Kier molecular flexibility index (Phi) is 10.2. The summed E-state index contributed by atoms with van der Waals surface area (Å²) >= 11 is 0. The summed E-state index contributed by atoms with van der Waals surface area (Å²) in [4.78, 5) is 14.0. The van der Waals surface area contributed by atoms with Gasteiger partial charge in [-0.2, -0.15) is 0 Å². The molecule has 2 heterocycles. The molecule has 13 aromatic rings. The van der Waals surface area contributed by atoms with Crippen LogP contribution in [0.2, 0.25) is 0 Å². The first-order chi connectivity index (χ1) is 38.2. The third-order valence-electron chi connectivity index (χ3n) is 17.0. The molecule has 0 saturated carbocycles. The highest BCUT2D eigenvalue weighted by Gasteiger charge is 2.37. The molecular weight excluding hydrogens is 945 g/mol. The van der Waals surface area contributed by atoms with E-state index in [1.807, 2.05) is 0 Å². The van der Waals surface area contributed by atoms with Crippen LogP contribution in [0.5, 0.6) is 0 Å². The molecule has 78 heavy (non-hydrogen) atoms. The van der Waals surface area contributed by atoms with Crippen molar-refractivity contribution in [1.29, 1.82) is 0 Å². The average Bonchev–Trinajstić information content (AvgIpc) is 4.24. The second-order valence-electron chi connectivity index (χ2n) is 22.1. The van der Waals surface area contributed by atoms with E-state index in [0.29, 0.717) is 0 Å². The van der Waals surface area contributed by atoms with Crippen molar-refractivity contribution in [2.24, 2.45) is 0 Å². The Morgan fingerprint density at radius 3 is 1.19 bits per heavy atom. The van der Waals surface area contributed by atoms with Gasteiger partial charge in [-0.05, 0) is 128 Å². The molecule has 2 aliphatic carbocycles. The predicted molar refractivity (Wildman–Crippen MR) is 325 cm³/mol. The van der Waals surface area contributed by atoms with Crippen LogP contribution in [0.1, 0.15) is 49.9 Å². The summed E-state index contributed by atoms with van der Waals surface area (Å²) in [6.45, 7) is 9.41. The maximum Gasteiger partial charge on any atom is 0.0979 e. The molecule has 0 amide bonds. The lowest BCUT2D eigenvalue weighted by molar-refractivity contribution is 0.660. The van der Waals surface area contributed by atoms with Crippen molar-refractivity contribution in [3.8, 4) is 72.7 Å². The van der Waals surface area contributed by atoms with Crippen molar-refractivity contribution in [2.45, 2.75) is 38.5 Å². The lowest BCUT2D eigenvalue weighted by Gasteiger charge is -2.26. The number of hydrogen-bond donors (Lipinski definition) is 0. The number of rotatable bonds is 8. The van der Waals surface area contributed by atoms with E-state index < -0.39 is 0 Å². The summed E-state index contributed by atoms with van der Waals surface area (Å²) in [5.74, 6) is 0. The standard InChI is InChI=1S/C74H54N4/c1-73(2)63-27-15-11-23-57(63)59-41-33-49(45-65(59)73)55-43-44-56(50-34-42-60-58-24-12-16-28-64(58)74(3,4)66(60)46-50)72-71(55)75-69(47-19-7-5-8-20-47)70(76-72)48-31-35-52(36-32-48)77(51-21-9-6-10-22-51)53-37-39-54(40-38-53)78-67-29-17-13-25-61(67)62-26-14-18-30-68(62)78/h5-46H,1-4H3. The first-order valence-corrected chi connectivity index (χ1v) is 27.1. The number of fused-ring (bicyclic) bond motifs is 10. The van der Waals surface area contributed by atoms with Crippen molar-refractivity contribution in [1.82, 2.24) is 14.5 Å². The Hall–Kier alpha value is -9.64. The molecule has 4 heteroatoms. The fourth-order valence-corrected chi connectivity index (χ4v) is 13.1. The molecule has 0 radical (unpaired) electrons. The number of benzene rings is 11. The van der Waals surface area contributed by atoms with Gasteiger partial charge >= 0.3 is 0 Å². The minimum atomic E-state index is -0.159. The molecular formula is C74H54N4. The fraction of sp³-hybridized carbons (Fsp3) is 0.0811. The fourth-order valence-electron chi connectivity index (χ4n) is 13.1. The van der Waals surface area contributed by atoms with Crippen LogP contribution in [-0.4, -0.2) is 14.5 Å². The molecule has 4 nitrogen and oxygen atoms in total. The van der Waals surface area contributed by atoms with E-state index >= 15 is 0 Å². The van der Waals surface area contributed by atoms with Crippen LogP contribution >= 0.6 is 0 Å². The largest absolute Gasteiger partial charge is 0.311 e. The molecule has 2 aliphatic rings. The first-order valence-electron chi connectivity index (χ1n) is 27.1. The van der Waals surface area contributed by atoms with Crippen LogP contribution in [0.4, 0.5) is 17.1 Å². The molecule has 0 bridgehead atoms. The third-order valence-corrected chi connectivity index (χ3v) is 17.0. The number of para-hydroxylation sites is 3. The van der Waals surface area contributed by atoms with Gasteiger partial charge in [-0.15, -0.1) is 0 Å². The number of aromatic nitrogens is 3. The van der Waals surface area contributed by atoms with Crippen molar-refractivity contribution in [3.63, 3.8) is 0 Å². The number of nitrogens with zero attached hydrogens (tertiary/aromatic N) is 4. The van der Waals surface area contributed by atoms with Gasteiger partial charge < -0.3 is 9.47 Å². The van der Waals surface area contributed by atoms with Gasteiger partial charge in [0.2, 0.25) is 0 Å². The summed E-state index contributed by atoms with van der Waals surface area (Å²) in [5, 5.41) is 2.50. The van der Waals surface area contributed by atoms with Gasteiger partial charge in [0.1, 0.15) is 0 Å². The predicted octanol–water partition coefficient (Wildman–Crippen LogP) is 19.5. The highest BCUT2D eigenvalue weighted by atomic mass is 15.1. The van der Waals surface area contributed by atoms with Crippen molar-refractivity contribution < 1.29 is 0 Å². The van der Waals surface area contributed by atoms with Crippen molar-refractivity contribution in [2.75, 3.05) is 4.90 Å². The van der Waals surface area contributed by atoms with E-state index in [1.54, 1.807) is 0 Å². The third kappa shape index (κ3) is 6.99. The minimum absolute atomic E-state index is 0.153. The maximum absolute atomic E-state index is 5.88. The highest BCUT2D eigenvalue weighted by Crippen LogP contribution is 2.52. The minimum Gasteiger partial charge on any atom is -0.311 e. The molecule has 0 unspecified atom stereocenters. The summed E-state index contributed by atoms with van der Waals surface area (Å²) in [6.07, 6.45) is 0. The molecule has 0 atom stereocenters. The molecule has 2 aromatic heterocycles. The molecule has 0 N–H and O–H groups in total. The Labute approximate surface area is 455 Å². The molecule has 370 valence electrons. The van der Waals surface area contributed by atoms with Gasteiger partial charge in [0.25, 0.3) is 0 Å². The second kappa shape index (κ2) is 17.5. The van der Waals surface area contributed by atoms with Crippen molar-refractivity contribution in [3.05, 3.63) is 277 Å². The Morgan fingerprint density at radius 1 is 0.308 bits per heavy atom. The zero-order chi connectivity index (χ0) is 52.3. The molecule has 15 rings (SSSR count). The summed E-state index contributed by atoms with van der Waals surface area (Å²) in [6, 6.07) is 92.8. The van der Waals surface area contributed by atoms with E-state index in [9.17, 15) is 0 Å². The Balaban J connectivity index is 0.895. The maximum atomic E-state index is 5.88. The van der Waals surface area contributed by atoms with Crippen LogP contribution in [0, 0.1) is 0 Å². The Morgan fingerprint density at radius 2 is 0.679 bits per heavy atom.